The summed E-state index contributed by atoms with van der Waals surface area (Å²) in [6.45, 7) is 8.37. The molecule has 3 rings (SSSR count). The van der Waals surface area contributed by atoms with Crippen molar-refractivity contribution in [2.24, 2.45) is 34.5 Å². The van der Waals surface area contributed by atoms with Gasteiger partial charge in [-0.2, -0.15) is 0 Å². The summed E-state index contributed by atoms with van der Waals surface area (Å²) in [6.07, 6.45) is 3.32. The van der Waals surface area contributed by atoms with Crippen LogP contribution in [-0.2, 0) is 9.59 Å². The van der Waals surface area contributed by atoms with Crippen LogP contribution in [0.4, 0.5) is 0 Å². The number of Topliss-reactive ketones (excluding diaryl/α,β-unsaturated/α-hetero) is 2. The largest absolute Gasteiger partial charge is 0.393 e. The van der Waals surface area contributed by atoms with Crippen LogP contribution in [-0.4, -0.2) is 22.8 Å². The molecule has 0 heterocycles. The normalized spacial score (nSPS) is 49.5. The van der Waals surface area contributed by atoms with Crippen molar-refractivity contribution in [3.05, 3.63) is 0 Å². The minimum absolute atomic E-state index is 0.0249. The van der Waals surface area contributed by atoms with Crippen molar-refractivity contribution in [2.75, 3.05) is 0 Å². The molecule has 3 nitrogen and oxygen atoms in total. The number of carbonyl (C=O) groups excluding carboxylic acids is 2. The molecule has 0 aromatic carbocycles. The van der Waals surface area contributed by atoms with E-state index in [-0.39, 0.29) is 35.2 Å². The van der Waals surface area contributed by atoms with Crippen LogP contribution in [0, 0.1) is 34.5 Å². The molecule has 0 aromatic rings. The molecule has 0 bridgehead atoms. The van der Waals surface area contributed by atoms with E-state index < -0.39 is 5.41 Å². The monoisotopic (exact) mass is 292 g/mol. The molecule has 0 aromatic heterocycles. The standard InChI is InChI=1S/C18H28O3/c1-10-7-11-12(8-13(10)19)18(4)6-5-16(21)17(2,3)15(18)9-14(11)20/h10-13,15,19H,5-9H2,1-4H3/t10?,11?,12?,13?,15-,18+/m0/s1. The lowest BCUT2D eigenvalue weighted by Gasteiger charge is -2.60. The molecule has 3 aliphatic rings. The zero-order valence-electron chi connectivity index (χ0n) is 13.7. The molecule has 0 saturated heterocycles. The highest BCUT2D eigenvalue weighted by Crippen LogP contribution is 2.62. The van der Waals surface area contributed by atoms with Crippen molar-refractivity contribution in [1.82, 2.24) is 0 Å². The summed E-state index contributed by atoms with van der Waals surface area (Å²) in [7, 11) is 0. The number of fused-ring (bicyclic) bond motifs is 3. The van der Waals surface area contributed by atoms with Gasteiger partial charge in [0.15, 0.2) is 0 Å². The van der Waals surface area contributed by atoms with Gasteiger partial charge in [0.25, 0.3) is 0 Å². The molecule has 0 spiro atoms. The van der Waals surface area contributed by atoms with E-state index in [0.29, 0.717) is 24.4 Å². The highest BCUT2D eigenvalue weighted by Gasteiger charge is 2.61. The SMILES string of the molecule is CC1CC2C(=O)C[C@H]3C(C)(C)C(=O)CC[C@]3(C)C2CC1O. The molecule has 3 saturated carbocycles. The number of aliphatic hydroxyl groups is 1. The third-order valence-corrected chi connectivity index (χ3v) is 7.21. The summed E-state index contributed by atoms with van der Waals surface area (Å²) in [6, 6.07) is 0. The highest BCUT2D eigenvalue weighted by molar-refractivity contribution is 5.89. The van der Waals surface area contributed by atoms with Gasteiger partial charge in [-0.1, -0.05) is 27.7 Å². The van der Waals surface area contributed by atoms with E-state index in [1.807, 2.05) is 13.8 Å². The summed E-state index contributed by atoms with van der Waals surface area (Å²) >= 11 is 0. The van der Waals surface area contributed by atoms with E-state index in [9.17, 15) is 14.7 Å². The Bertz CT molecular complexity index is 481. The van der Waals surface area contributed by atoms with E-state index in [4.69, 9.17) is 0 Å². The number of hydrogen-bond donors (Lipinski definition) is 1. The number of aliphatic hydroxyl groups excluding tert-OH is 1. The van der Waals surface area contributed by atoms with Crippen molar-refractivity contribution in [2.45, 2.75) is 65.9 Å². The predicted molar refractivity (Wildman–Crippen MR) is 80.6 cm³/mol. The molecule has 4 unspecified atom stereocenters. The maximum Gasteiger partial charge on any atom is 0.138 e. The second-order valence-corrected chi connectivity index (χ2v) is 8.60. The Kier molecular flexibility index (Phi) is 3.36. The molecule has 0 amide bonds. The van der Waals surface area contributed by atoms with Crippen molar-refractivity contribution < 1.29 is 14.7 Å². The van der Waals surface area contributed by atoms with Crippen molar-refractivity contribution in [3.8, 4) is 0 Å². The molecular formula is C18H28O3. The molecule has 0 aliphatic heterocycles. The highest BCUT2D eigenvalue weighted by atomic mass is 16.3. The van der Waals surface area contributed by atoms with Crippen LogP contribution >= 0.6 is 0 Å². The van der Waals surface area contributed by atoms with Gasteiger partial charge < -0.3 is 5.11 Å². The van der Waals surface area contributed by atoms with Gasteiger partial charge in [-0.25, -0.2) is 0 Å². The molecule has 118 valence electrons. The lowest BCUT2D eigenvalue weighted by atomic mass is 9.43. The first-order valence-electron chi connectivity index (χ1n) is 8.42. The average molecular weight is 292 g/mol. The van der Waals surface area contributed by atoms with Gasteiger partial charge in [0.1, 0.15) is 11.6 Å². The summed E-state index contributed by atoms with van der Waals surface area (Å²) in [5, 5.41) is 10.3. The summed E-state index contributed by atoms with van der Waals surface area (Å²) in [5.74, 6) is 1.36. The third-order valence-electron chi connectivity index (χ3n) is 7.21. The van der Waals surface area contributed by atoms with Gasteiger partial charge in [0.2, 0.25) is 0 Å². The minimum Gasteiger partial charge on any atom is -0.393 e. The topological polar surface area (TPSA) is 54.4 Å². The first-order chi connectivity index (χ1) is 9.68. The van der Waals surface area contributed by atoms with Gasteiger partial charge in [-0.05, 0) is 42.4 Å². The van der Waals surface area contributed by atoms with Crippen LogP contribution in [0.2, 0.25) is 0 Å². The Morgan fingerprint density at radius 2 is 1.81 bits per heavy atom. The lowest BCUT2D eigenvalue weighted by molar-refractivity contribution is -0.168. The van der Waals surface area contributed by atoms with Crippen LogP contribution < -0.4 is 0 Å². The van der Waals surface area contributed by atoms with E-state index in [1.165, 1.54) is 0 Å². The van der Waals surface area contributed by atoms with Crippen molar-refractivity contribution in [3.63, 3.8) is 0 Å². The van der Waals surface area contributed by atoms with E-state index in [2.05, 4.69) is 13.8 Å². The molecular weight excluding hydrogens is 264 g/mol. The zero-order valence-corrected chi connectivity index (χ0v) is 13.7. The molecule has 3 aliphatic carbocycles. The van der Waals surface area contributed by atoms with Gasteiger partial charge in [0.05, 0.1) is 6.10 Å². The first kappa shape index (κ1) is 15.2. The maximum atomic E-state index is 12.7. The second kappa shape index (κ2) is 4.65. The van der Waals surface area contributed by atoms with Crippen LogP contribution in [0.5, 0.6) is 0 Å². The molecule has 0 radical (unpaired) electrons. The fraction of sp³-hybridized carbons (Fsp3) is 0.889. The molecule has 6 atom stereocenters. The van der Waals surface area contributed by atoms with Gasteiger partial charge in [-0.15, -0.1) is 0 Å². The molecule has 3 heteroatoms. The lowest BCUT2D eigenvalue weighted by Crippen LogP contribution is -2.59. The Labute approximate surface area is 127 Å². The smallest absolute Gasteiger partial charge is 0.138 e. The number of carbonyl (C=O) groups is 2. The first-order valence-corrected chi connectivity index (χ1v) is 8.42. The average Bonchev–Trinajstić information content (AvgIpc) is 2.41. The fourth-order valence-electron chi connectivity index (χ4n) is 5.65. The molecule has 3 fully saturated rings. The van der Waals surface area contributed by atoms with Gasteiger partial charge in [-0.3, -0.25) is 9.59 Å². The minimum atomic E-state index is -0.401. The number of ketones is 2. The van der Waals surface area contributed by atoms with E-state index in [0.717, 1.165) is 19.3 Å². The van der Waals surface area contributed by atoms with E-state index >= 15 is 0 Å². The Balaban J connectivity index is 2.00. The van der Waals surface area contributed by atoms with E-state index in [1.54, 1.807) is 0 Å². The summed E-state index contributed by atoms with van der Waals surface area (Å²) in [5.41, 5.74) is -0.376. The zero-order chi connectivity index (χ0) is 15.6. The Hall–Kier alpha value is -0.700. The second-order valence-electron chi connectivity index (χ2n) is 8.60. The summed E-state index contributed by atoms with van der Waals surface area (Å²) in [4.78, 5) is 25.0. The van der Waals surface area contributed by atoms with Crippen LogP contribution in [0.25, 0.3) is 0 Å². The van der Waals surface area contributed by atoms with Crippen LogP contribution in [0.15, 0.2) is 0 Å². The molecule has 21 heavy (non-hydrogen) atoms. The van der Waals surface area contributed by atoms with Crippen molar-refractivity contribution in [1.29, 1.82) is 0 Å². The maximum absolute atomic E-state index is 12.7. The third kappa shape index (κ3) is 2.03. The van der Waals surface area contributed by atoms with Crippen LogP contribution in [0.3, 0.4) is 0 Å². The fourth-order valence-corrected chi connectivity index (χ4v) is 5.65. The predicted octanol–water partition coefficient (Wildman–Crippen LogP) is 2.99. The summed E-state index contributed by atoms with van der Waals surface area (Å²) < 4.78 is 0. The Morgan fingerprint density at radius 1 is 1.14 bits per heavy atom. The quantitative estimate of drug-likeness (QED) is 0.746. The molecule has 1 N–H and O–H groups in total. The number of rotatable bonds is 0. The van der Waals surface area contributed by atoms with Gasteiger partial charge in [0, 0.05) is 24.2 Å². The van der Waals surface area contributed by atoms with Crippen LogP contribution in [0.1, 0.15) is 59.8 Å². The number of hydrogen-bond acceptors (Lipinski definition) is 3. The van der Waals surface area contributed by atoms with Gasteiger partial charge >= 0.3 is 0 Å². The Morgan fingerprint density at radius 3 is 2.48 bits per heavy atom. The van der Waals surface area contributed by atoms with Crippen molar-refractivity contribution >= 4 is 11.6 Å².